The van der Waals surface area contributed by atoms with Crippen molar-refractivity contribution < 1.29 is 0 Å². The molecular formula is C17H32N4. The van der Waals surface area contributed by atoms with E-state index < -0.39 is 0 Å². The molecule has 1 aromatic rings. The van der Waals surface area contributed by atoms with Gasteiger partial charge in [0, 0.05) is 36.8 Å². The Balaban J connectivity index is 2.34. The molecule has 0 aromatic carbocycles. The summed E-state index contributed by atoms with van der Waals surface area (Å²) >= 11 is 0. The van der Waals surface area contributed by atoms with E-state index in [1.807, 2.05) is 0 Å². The van der Waals surface area contributed by atoms with Crippen molar-refractivity contribution in [1.82, 2.24) is 15.1 Å². The minimum atomic E-state index is 0.125. The van der Waals surface area contributed by atoms with Crippen LogP contribution in [-0.2, 0) is 13.6 Å². The van der Waals surface area contributed by atoms with Gasteiger partial charge in [-0.3, -0.25) is 4.68 Å². The number of hydrogen-bond acceptors (Lipinski definition) is 3. The molecule has 0 spiro atoms. The summed E-state index contributed by atoms with van der Waals surface area (Å²) in [6.07, 6.45) is 3.80. The van der Waals surface area contributed by atoms with Crippen LogP contribution in [0.4, 0.5) is 5.82 Å². The third kappa shape index (κ3) is 3.42. The van der Waals surface area contributed by atoms with Gasteiger partial charge >= 0.3 is 0 Å². The summed E-state index contributed by atoms with van der Waals surface area (Å²) in [7, 11) is 2.08. The Morgan fingerprint density at radius 3 is 2.52 bits per heavy atom. The van der Waals surface area contributed by atoms with Crippen LogP contribution in [0.5, 0.6) is 0 Å². The molecule has 4 nitrogen and oxygen atoms in total. The number of hydrogen-bond donors (Lipinski definition) is 1. The summed E-state index contributed by atoms with van der Waals surface area (Å²) in [6, 6.07) is 1.27. The summed E-state index contributed by atoms with van der Waals surface area (Å²) in [4.78, 5) is 2.61. The molecule has 4 heteroatoms. The smallest absolute Gasteiger partial charge is 0.131 e. The quantitative estimate of drug-likeness (QED) is 0.923. The highest BCUT2D eigenvalue weighted by molar-refractivity contribution is 5.53. The molecule has 1 fully saturated rings. The van der Waals surface area contributed by atoms with Gasteiger partial charge in [0.15, 0.2) is 0 Å². The van der Waals surface area contributed by atoms with E-state index in [1.165, 1.54) is 30.6 Å². The molecular weight excluding hydrogens is 260 g/mol. The predicted octanol–water partition coefficient (Wildman–Crippen LogP) is 3.38. The van der Waals surface area contributed by atoms with Crippen LogP contribution >= 0.6 is 0 Å². The number of nitrogens with one attached hydrogen (secondary N) is 1. The predicted molar refractivity (Wildman–Crippen MR) is 89.8 cm³/mol. The Labute approximate surface area is 129 Å². The molecule has 1 aliphatic rings. The second-order valence-electron chi connectivity index (χ2n) is 7.51. The standard InChI is InChI=1S/C17H32N4/c1-8-14-10-9-12(2)21(14)16-15(11-18-17(4,5)6)13(3)19-20(16)7/h12,14,18H,8-11H2,1-7H3. The lowest BCUT2D eigenvalue weighted by Gasteiger charge is -2.31. The van der Waals surface area contributed by atoms with Gasteiger partial charge in [-0.15, -0.1) is 0 Å². The monoisotopic (exact) mass is 292 g/mol. The second kappa shape index (κ2) is 5.99. The Kier molecular flexibility index (Phi) is 4.66. The summed E-state index contributed by atoms with van der Waals surface area (Å²) in [6.45, 7) is 14.3. The third-order valence-corrected chi connectivity index (χ3v) is 4.61. The first-order chi connectivity index (χ1) is 9.74. The fourth-order valence-electron chi connectivity index (χ4n) is 3.43. The second-order valence-corrected chi connectivity index (χ2v) is 7.51. The van der Waals surface area contributed by atoms with Crippen molar-refractivity contribution in [3.8, 4) is 0 Å². The SMILES string of the molecule is CCC1CCC(C)N1c1c(CNC(C)(C)C)c(C)nn1C. The molecule has 0 aliphatic carbocycles. The van der Waals surface area contributed by atoms with E-state index in [-0.39, 0.29) is 5.54 Å². The van der Waals surface area contributed by atoms with Crippen molar-refractivity contribution in [3.63, 3.8) is 0 Å². The fourth-order valence-corrected chi connectivity index (χ4v) is 3.43. The number of aryl methyl sites for hydroxylation is 2. The van der Waals surface area contributed by atoms with Crippen molar-refractivity contribution in [2.45, 2.75) is 85.0 Å². The van der Waals surface area contributed by atoms with Gasteiger partial charge in [-0.05, 0) is 53.9 Å². The lowest BCUT2D eigenvalue weighted by Crippen LogP contribution is -2.38. The van der Waals surface area contributed by atoms with Gasteiger partial charge in [-0.25, -0.2) is 0 Å². The number of rotatable bonds is 4. The van der Waals surface area contributed by atoms with Gasteiger partial charge in [-0.2, -0.15) is 5.10 Å². The van der Waals surface area contributed by atoms with Crippen LogP contribution in [0.25, 0.3) is 0 Å². The van der Waals surface area contributed by atoms with Crippen LogP contribution < -0.4 is 10.2 Å². The van der Waals surface area contributed by atoms with E-state index in [2.05, 4.69) is 63.5 Å². The van der Waals surface area contributed by atoms with Gasteiger partial charge in [0.1, 0.15) is 5.82 Å². The van der Waals surface area contributed by atoms with Gasteiger partial charge in [0.05, 0.1) is 5.69 Å². The van der Waals surface area contributed by atoms with E-state index in [0.29, 0.717) is 12.1 Å². The zero-order valence-electron chi connectivity index (χ0n) is 14.8. The summed E-state index contributed by atoms with van der Waals surface area (Å²) in [5.41, 5.74) is 2.64. The molecule has 1 aromatic heterocycles. The zero-order valence-corrected chi connectivity index (χ0v) is 14.8. The van der Waals surface area contributed by atoms with Crippen LogP contribution in [0.2, 0.25) is 0 Å². The molecule has 0 radical (unpaired) electrons. The molecule has 2 rings (SSSR count). The molecule has 2 heterocycles. The molecule has 1 saturated heterocycles. The van der Waals surface area contributed by atoms with E-state index in [0.717, 1.165) is 12.2 Å². The topological polar surface area (TPSA) is 33.1 Å². The zero-order chi connectivity index (χ0) is 15.8. The molecule has 0 amide bonds. The van der Waals surface area contributed by atoms with Gasteiger partial charge < -0.3 is 10.2 Å². The average molecular weight is 292 g/mol. The first kappa shape index (κ1) is 16.3. The summed E-state index contributed by atoms with van der Waals surface area (Å²) < 4.78 is 2.08. The lowest BCUT2D eigenvalue weighted by molar-refractivity contribution is 0.423. The summed E-state index contributed by atoms with van der Waals surface area (Å²) in [5, 5.41) is 8.32. The number of nitrogens with zero attached hydrogens (tertiary/aromatic N) is 3. The summed E-state index contributed by atoms with van der Waals surface area (Å²) in [5.74, 6) is 1.32. The van der Waals surface area contributed by atoms with Crippen molar-refractivity contribution in [2.24, 2.45) is 7.05 Å². The van der Waals surface area contributed by atoms with Crippen molar-refractivity contribution in [2.75, 3.05) is 4.90 Å². The van der Waals surface area contributed by atoms with Crippen LogP contribution in [0.1, 0.15) is 65.1 Å². The molecule has 1 aliphatic heterocycles. The van der Waals surface area contributed by atoms with Crippen molar-refractivity contribution in [1.29, 1.82) is 0 Å². The maximum absolute atomic E-state index is 4.69. The Morgan fingerprint density at radius 2 is 1.95 bits per heavy atom. The third-order valence-electron chi connectivity index (χ3n) is 4.61. The number of anilines is 1. The van der Waals surface area contributed by atoms with Crippen molar-refractivity contribution >= 4 is 5.82 Å². The van der Waals surface area contributed by atoms with Crippen LogP contribution in [0.3, 0.4) is 0 Å². The van der Waals surface area contributed by atoms with Crippen LogP contribution in [0, 0.1) is 6.92 Å². The van der Waals surface area contributed by atoms with E-state index in [4.69, 9.17) is 5.10 Å². The highest BCUT2D eigenvalue weighted by atomic mass is 15.4. The van der Waals surface area contributed by atoms with Crippen molar-refractivity contribution in [3.05, 3.63) is 11.3 Å². The van der Waals surface area contributed by atoms with E-state index in [9.17, 15) is 0 Å². The molecule has 0 bridgehead atoms. The molecule has 0 saturated carbocycles. The van der Waals surface area contributed by atoms with Crippen LogP contribution in [-0.4, -0.2) is 27.4 Å². The highest BCUT2D eigenvalue weighted by Crippen LogP contribution is 2.35. The maximum atomic E-state index is 4.69. The molecule has 2 atom stereocenters. The largest absolute Gasteiger partial charge is 0.351 e. The molecule has 120 valence electrons. The van der Waals surface area contributed by atoms with Gasteiger partial charge in [-0.1, -0.05) is 6.92 Å². The minimum absolute atomic E-state index is 0.125. The Bertz CT molecular complexity index is 484. The lowest BCUT2D eigenvalue weighted by atomic mass is 10.1. The first-order valence-electron chi connectivity index (χ1n) is 8.30. The van der Waals surface area contributed by atoms with Gasteiger partial charge in [0.2, 0.25) is 0 Å². The first-order valence-corrected chi connectivity index (χ1v) is 8.30. The molecule has 1 N–H and O–H groups in total. The average Bonchev–Trinajstić information content (AvgIpc) is 2.85. The normalized spacial score (nSPS) is 23.1. The molecule has 21 heavy (non-hydrogen) atoms. The fraction of sp³-hybridized carbons (Fsp3) is 0.824. The number of aromatic nitrogens is 2. The highest BCUT2D eigenvalue weighted by Gasteiger charge is 2.33. The maximum Gasteiger partial charge on any atom is 0.131 e. The molecule has 2 unspecified atom stereocenters. The Hall–Kier alpha value is -1.03. The van der Waals surface area contributed by atoms with Crippen LogP contribution in [0.15, 0.2) is 0 Å². The van der Waals surface area contributed by atoms with E-state index in [1.54, 1.807) is 0 Å². The van der Waals surface area contributed by atoms with Gasteiger partial charge in [0.25, 0.3) is 0 Å². The Morgan fingerprint density at radius 1 is 1.29 bits per heavy atom. The van der Waals surface area contributed by atoms with E-state index >= 15 is 0 Å². The minimum Gasteiger partial charge on any atom is -0.351 e.